The maximum absolute atomic E-state index is 10.6. The van der Waals surface area contributed by atoms with Crippen molar-refractivity contribution in [2.45, 2.75) is 12.1 Å². The molecule has 1 amide bonds. The van der Waals surface area contributed by atoms with E-state index >= 15 is 0 Å². The van der Waals surface area contributed by atoms with Crippen LogP contribution in [0.4, 0.5) is 11.5 Å². The Labute approximate surface area is 86.7 Å². The summed E-state index contributed by atoms with van der Waals surface area (Å²) in [5.74, 6) is 0.330. The molecule has 14 heavy (non-hydrogen) atoms. The fourth-order valence-electron chi connectivity index (χ4n) is 1.14. The van der Waals surface area contributed by atoms with Crippen LogP contribution in [0.3, 0.4) is 0 Å². The Morgan fingerprint density at radius 3 is 2.57 bits per heavy atom. The average Bonchev–Trinajstić information content (AvgIpc) is 2.16. The van der Waals surface area contributed by atoms with Gasteiger partial charge in [-0.2, -0.15) is 0 Å². The van der Waals surface area contributed by atoms with Crippen molar-refractivity contribution in [1.29, 1.82) is 0 Å². The minimum atomic E-state index is 0.330. The first kappa shape index (κ1) is 10.8. The Balaban J connectivity index is 3.24. The molecule has 0 spiro atoms. The molecule has 6 heteroatoms. The number of nitrogens with two attached hydrogens (primary N) is 1. The summed E-state index contributed by atoms with van der Waals surface area (Å²) < 4.78 is 0. The van der Waals surface area contributed by atoms with Gasteiger partial charge in [0.25, 0.3) is 0 Å². The molecule has 1 aromatic rings. The van der Waals surface area contributed by atoms with Crippen molar-refractivity contribution < 1.29 is 4.79 Å². The van der Waals surface area contributed by atoms with E-state index in [0.29, 0.717) is 28.8 Å². The summed E-state index contributed by atoms with van der Waals surface area (Å²) in [5.41, 5.74) is 6.98. The maximum atomic E-state index is 10.6. The van der Waals surface area contributed by atoms with Crippen molar-refractivity contribution in [3.8, 4) is 0 Å². The number of amides is 1. The standard InChI is InChI=1S/C8H12N4OS/c1-5-6(12(2)4-13)7(9)11-8(10-5)14-3/h4H,1-3H3,(H2,9,10,11). The molecule has 5 nitrogen and oxygen atoms in total. The number of hydrogen-bond acceptors (Lipinski definition) is 5. The van der Waals surface area contributed by atoms with Crippen LogP contribution in [-0.4, -0.2) is 29.7 Å². The van der Waals surface area contributed by atoms with Crippen molar-refractivity contribution in [3.05, 3.63) is 5.69 Å². The highest BCUT2D eigenvalue weighted by Gasteiger charge is 2.12. The van der Waals surface area contributed by atoms with Crippen LogP contribution in [0.15, 0.2) is 5.16 Å². The number of carbonyl (C=O) groups is 1. The summed E-state index contributed by atoms with van der Waals surface area (Å²) >= 11 is 1.42. The molecule has 0 atom stereocenters. The molecule has 0 radical (unpaired) electrons. The van der Waals surface area contributed by atoms with E-state index in [9.17, 15) is 4.79 Å². The van der Waals surface area contributed by atoms with E-state index in [2.05, 4.69) is 9.97 Å². The number of aryl methyl sites for hydroxylation is 1. The lowest BCUT2D eigenvalue weighted by Crippen LogP contribution is -2.18. The lowest BCUT2D eigenvalue weighted by atomic mass is 10.3. The summed E-state index contributed by atoms with van der Waals surface area (Å²) in [6.45, 7) is 1.80. The number of rotatable bonds is 3. The van der Waals surface area contributed by atoms with Crippen LogP contribution in [0.25, 0.3) is 0 Å². The van der Waals surface area contributed by atoms with Crippen molar-refractivity contribution in [2.24, 2.45) is 0 Å². The van der Waals surface area contributed by atoms with Crippen molar-refractivity contribution in [1.82, 2.24) is 9.97 Å². The molecule has 0 aromatic carbocycles. The van der Waals surface area contributed by atoms with Crippen LogP contribution in [0.2, 0.25) is 0 Å². The number of aromatic nitrogens is 2. The summed E-state index contributed by atoms with van der Waals surface area (Å²) in [4.78, 5) is 20.2. The normalized spacial score (nSPS) is 9.93. The molecule has 0 saturated carbocycles. The highest BCUT2D eigenvalue weighted by molar-refractivity contribution is 7.98. The zero-order chi connectivity index (χ0) is 10.7. The third kappa shape index (κ3) is 1.95. The van der Waals surface area contributed by atoms with Gasteiger partial charge in [-0.15, -0.1) is 0 Å². The maximum Gasteiger partial charge on any atom is 0.214 e. The predicted octanol–water partition coefficient (Wildman–Crippen LogP) is 0.682. The van der Waals surface area contributed by atoms with Gasteiger partial charge in [0.15, 0.2) is 11.0 Å². The van der Waals surface area contributed by atoms with Crippen LogP contribution >= 0.6 is 11.8 Å². The number of nitrogen functional groups attached to an aromatic ring is 1. The number of carbonyl (C=O) groups excluding carboxylic acids is 1. The van der Waals surface area contributed by atoms with E-state index in [0.717, 1.165) is 0 Å². The fourth-order valence-corrected chi connectivity index (χ4v) is 1.56. The number of anilines is 2. The molecule has 1 rings (SSSR count). The van der Waals surface area contributed by atoms with Crippen molar-refractivity contribution in [2.75, 3.05) is 23.9 Å². The van der Waals surface area contributed by atoms with Gasteiger partial charge in [-0.1, -0.05) is 11.8 Å². The van der Waals surface area contributed by atoms with E-state index < -0.39 is 0 Å². The molecule has 0 aliphatic heterocycles. The summed E-state index contributed by atoms with van der Waals surface area (Å²) in [7, 11) is 1.62. The van der Waals surface area contributed by atoms with E-state index in [4.69, 9.17) is 5.73 Å². The van der Waals surface area contributed by atoms with Crippen LogP contribution in [0.1, 0.15) is 5.69 Å². The largest absolute Gasteiger partial charge is 0.382 e. The third-order valence-corrected chi connectivity index (χ3v) is 2.31. The van der Waals surface area contributed by atoms with Crippen LogP contribution in [0, 0.1) is 6.92 Å². The zero-order valence-corrected chi connectivity index (χ0v) is 9.13. The fraction of sp³-hybridized carbons (Fsp3) is 0.375. The lowest BCUT2D eigenvalue weighted by Gasteiger charge is -2.15. The van der Waals surface area contributed by atoms with Gasteiger partial charge in [-0.25, -0.2) is 9.97 Å². The highest BCUT2D eigenvalue weighted by Crippen LogP contribution is 2.24. The molecule has 0 unspecified atom stereocenters. The average molecular weight is 212 g/mol. The second kappa shape index (κ2) is 4.28. The van der Waals surface area contributed by atoms with Crippen LogP contribution in [-0.2, 0) is 4.79 Å². The van der Waals surface area contributed by atoms with Gasteiger partial charge < -0.3 is 10.6 Å². The zero-order valence-electron chi connectivity index (χ0n) is 8.31. The first-order valence-corrected chi connectivity index (χ1v) is 5.18. The third-order valence-electron chi connectivity index (χ3n) is 1.76. The van der Waals surface area contributed by atoms with Gasteiger partial charge in [0.1, 0.15) is 5.69 Å². The highest BCUT2D eigenvalue weighted by atomic mass is 32.2. The van der Waals surface area contributed by atoms with Crippen LogP contribution in [0.5, 0.6) is 0 Å². The molecule has 0 fully saturated rings. The predicted molar refractivity (Wildman–Crippen MR) is 57.4 cm³/mol. The van der Waals surface area contributed by atoms with Gasteiger partial charge in [0.2, 0.25) is 6.41 Å². The molecule has 0 bridgehead atoms. The van der Waals surface area contributed by atoms with E-state index in [1.165, 1.54) is 16.7 Å². The summed E-state index contributed by atoms with van der Waals surface area (Å²) in [6.07, 6.45) is 2.55. The number of thioether (sulfide) groups is 1. The van der Waals surface area contributed by atoms with Gasteiger partial charge in [0.05, 0.1) is 5.69 Å². The Morgan fingerprint density at radius 2 is 2.14 bits per heavy atom. The second-order valence-electron chi connectivity index (χ2n) is 2.75. The van der Waals surface area contributed by atoms with Crippen LogP contribution < -0.4 is 10.6 Å². The van der Waals surface area contributed by atoms with Gasteiger partial charge >= 0.3 is 0 Å². The second-order valence-corrected chi connectivity index (χ2v) is 3.52. The van der Waals surface area contributed by atoms with Gasteiger partial charge in [-0.05, 0) is 13.2 Å². The number of hydrogen-bond donors (Lipinski definition) is 1. The molecular weight excluding hydrogens is 200 g/mol. The van der Waals surface area contributed by atoms with Crippen molar-refractivity contribution >= 4 is 29.7 Å². The molecule has 2 N–H and O–H groups in total. The van der Waals surface area contributed by atoms with E-state index in [-0.39, 0.29) is 0 Å². The Morgan fingerprint density at radius 1 is 1.50 bits per heavy atom. The van der Waals surface area contributed by atoms with Crippen molar-refractivity contribution in [3.63, 3.8) is 0 Å². The first-order chi connectivity index (χ1) is 6.60. The van der Waals surface area contributed by atoms with E-state index in [1.807, 2.05) is 6.26 Å². The molecule has 1 heterocycles. The monoisotopic (exact) mass is 212 g/mol. The van der Waals surface area contributed by atoms with Gasteiger partial charge in [-0.3, -0.25) is 4.79 Å². The quantitative estimate of drug-likeness (QED) is 0.453. The first-order valence-electron chi connectivity index (χ1n) is 3.96. The molecule has 0 aliphatic carbocycles. The Bertz CT molecular complexity index is 332. The topological polar surface area (TPSA) is 72.1 Å². The summed E-state index contributed by atoms with van der Waals surface area (Å²) in [5, 5.41) is 0.614. The van der Waals surface area contributed by atoms with E-state index in [1.54, 1.807) is 14.0 Å². The molecule has 0 aliphatic rings. The number of nitrogens with zero attached hydrogens (tertiary/aromatic N) is 3. The minimum absolute atomic E-state index is 0.330. The Kier molecular flexibility index (Phi) is 3.29. The summed E-state index contributed by atoms with van der Waals surface area (Å²) in [6, 6.07) is 0. The Hall–Kier alpha value is -1.30. The minimum Gasteiger partial charge on any atom is -0.382 e. The molecule has 0 saturated heterocycles. The van der Waals surface area contributed by atoms with Gasteiger partial charge in [0, 0.05) is 7.05 Å². The lowest BCUT2D eigenvalue weighted by molar-refractivity contribution is -0.107. The molecular formula is C8H12N4OS. The molecule has 76 valence electrons. The molecule has 1 aromatic heterocycles. The SMILES string of the molecule is CSc1nc(C)c(N(C)C=O)c(N)n1. The smallest absolute Gasteiger partial charge is 0.214 e.